The number of methoxy groups -OCH3 is 2. The molecule has 0 spiro atoms. The third-order valence-electron chi connectivity index (χ3n) is 21.9. The summed E-state index contributed by atoms with van der Waals surface area (Å²) in [4.78, 5) is 37.2. The van der Waals surface area contributed by atoms with Crippen LogP contribution in [0, 0.1) is 81.6 Å². The van der Waals surface area contributed by atoms with Crippen molar-refractivity contribution >= 4 is 143 Å². The number of ether oxygens (including phenoxy) is 2. The fourth-order valence-corrected chi connectivity index (χ4v) is 41.6. The molecule has 552 valence electrons. The van der Waals surface area contributed by atoms with E-state index < -0.39 is 0 Å². The summed E-state index contributed by atoms with van der Waals surface area (Å²) in [5.74, 6) is 3.31. The molecule has 0 bridgehead atoms. The first-order valence-corrected chi connectivity index (χ1v) is 50.5. The SMILES string of the molecule is C.C.CCC1CN(c2ccc(C#N)cc2)C1.COC(=O)C[C@H]1CCC[C@@H]1[C@](CN1CCC1)(c1cccc(F)c1)C1CCN(CC2CN(c3ccc(C#N)cc3)C2)CC1.COC(=O)C[C@H]1CCC[C@@H]1[C@](CN1CCC1)(c1cccc(F)c1)C1CCNCC1.S=S=S=S=S=S=S=S=S=S=S=S=S.[H-].[K+]. The number of hydrogen-bond donors (Lipinski definition) is 1. The molecule has 28 heteroatoms. The molecule has 2 saturated carbocycles. The number of nitrogens with one attached hydrogen (secondary N) is 1. The second kappa shape index (κ2) is 46.8. The van der Waals surface area contributed by atoms with Crippen molar-refractivity contribution < 1.29 is 80.7 Å². The number of likely N-dealkylation sites (tertiary alicyclic amines) is 3. The van der Waals surface area contributed by atoms with E-state index in [4.69, 9.17) is 42.4 Å². The summed E-state index contributed by atoms with van der Waals surface area (Å²) in [6.45, 7) is 18.5. The van der Waals surface area contributed by atoms with Crippen LogP contribution in [-0.4, -0.2) is 139 Å². The monoisotopic (exact) mass is 1650 g/mol. The molecule has 4 aromatic carbocycles. The predicted molar refractivity (Wildman–Crippen MR) is 442 cm³/mol. The molecule has 12 nitrogen and oxygen atoms in total. The minimum absolute atomic E-state index is 0. The van der Waals surface area contributed by atoms with E-state index in [1.165, 1.54) is 75.7 Å². The number of benzene rings is 4. The van der Waals surface area contributed by atoms with Gasteiger partial charge in [0.25, 0.3) is 0 Å². The number of nitriles is 2. The Bertz CT molecular complexity index is 3850. The van der Waals surface area contributed by atoms with Gasteiger partial charge in [-0.1, -0.05) is 58.9 Å². The van der Waals surface area contributed by atoms with Crippen molar-refractivity contribution in [2.75, 3.05) is 122 Å². The molecule has 6 atom stereocenters. The van der Waals surface area contributed by atoms with E-state index >= 15 is 0 Å². The van der Waals surface area contributed by atoms with Crippen LogP contribution in [0.3, 0.4) is 0 Å². The molecule has 1 N–H and O–H groups in total. The van der Waals surface area contributed by atoms with E-state index in [9.17, 15) is 18.4 Å². The minimum atomic E-state index is -0.160. The molecule has 0 amide bonds. The Morgan fingerprint density at radius 1 is 0.545 bits per heavy atom. The molecule has 4 aromatic rings. The van der Waals surface area contributed by atoms with E-state index in [0.29, 0.717) is 53.9 Å². The van der Waals surface area contributed by atoms with Gasteiger partial charge in [-0.2, -0.15) is 10.5 Å². The number of rotatable bonds is 19. The maximum absolute atomic E-state index is 14.9. The smallest absolute Gasteiger partial charge is 1.00 e. The molecule has 101 heavy (non-hydrogen) atoms. The molecule has 6 heterocycles. The second-order valence-corrected chi connectivity index (χ2v) is 46.6. The number of anilines is 2. The van der Waals surface area contributed by atoms with Gasteiger partial charge >= 0.3 is 63.3 Å². The van der Waals surface area contributed by atoms with Crippen LogP contribution in [0.5, 0.6) is 0 Å². The van der Waals surface area contributed by atoms with Crippen molar-refractivity contribution in [3.05, 3.63) is 131 Å². The summed E-state index contributed by atoms with van der Waals surface area (Å²) in [6.07, 6.45) is 15.8. The van der Waals surface area contributed by atoms with Crippen LogP contribution in [0.2, 0.25) is 0 Å². The number of halogens is 2. The molecular weight excluding hydrogens is 1550 g/mol. The Kier molecular flexibility index (Phi) is 41.0. The van der Waals surface area contributed by atoms with Crippen molar-refractivity contribution in [3.8, 4) is 12.1 Å². The molecule has 6 saturated heterocycles. The van der Waals surface area contributed by atoms with Gasteiger partial charge in [0.05, 0.1) is 37.5 Å². The largest absolute Gasteiger partial charge is 1.00 e. The Morgan fingerprint density at radius 2 is 0.941 bits per heavy atom. The fraction of sp³-hybridized carbons (Fsp3) is 0.616. The van der Waals surface area contributed by atoms with Gasteiger partial charge in [-0.05, 0) is 248 Å². The number of carbonyl (C=O) groups excluding carboxylic acids is 2. The molecule has 8 fully saturated rings. The molecule has 0 aromatic heterocycles. The maximum atomic E-state index is 14.9. The number of esters is 2. The zero-order valence-electron chi connectivity index (χ0n) is 58.4. The van der Waals surface area contributed by atoms with Crippen LogP contribution in [0.1, 0.15) is 142 Å². The first kappa shape index (κ1) is 88.5. The van der Waals surface area contributed by atoms with Crippen LogP contribution >= 0.6 is 0 Å². The Morgan fingerprint density at radius 3 is 1.30 bits per heavy atom. The van der Waals surface area contributed by atoms with Crippen molar-refractivity contribution in [1.29, 1.82) is 10.5 Å². The van der Waals surface area contributed by atoms with Gasteiger partial charge < -0.3 is 40.7 Å². The fourth-order valence-electron chi connectivity index (χ4n) is 16.9. The van der Waals surface area contributed by atoms with Crippen molar-refractivity contribution in [2.24, 2.45) is 47.3 Å². The third kappa shape index (κ3) is 25.3. The van der Waals surface area contributed by atoms with E-state index in [2.05, 4.69) is 73.1 Å². The van der Waals surface area contributed by atoms with E-state index in [1.807, 2.05) is 54.6 Å². The molecule has 2 aliphatic carbocycles. The number of hydrogen-bond acceptors (Lipinski definition) is 14. The van der Waals surface area contributed by atoms with Gasteiger partial charge in [0.15, 0.2) is 0 Å². The third-order valence-corrected chi connectivity index (χ3v) is 44.2. The first-order valence-electron chi connectivity index (χ1n) is 34.5. The molecule has 12 rings (SSSR count). The van der Waals surface area contributed by atoms with Crippen LogP contribution in [0.15, 0.2) is 97.1 Å². The van der Waals surface area contributed by atoms with Crippen molar-refractivity contribution in [2.45, 2.75) is 129 Å². The van der Waals surface area contributed by atoms with Gasteiger partial charge in [0, 0.05) is 207 Å². The van der Waals surface area contributed by atoms with E-state index in [0.717, 1.165) is 172 Å². The molecule has 0 unspecified atom stereocenters. The Hall–Kier alpha value is -1.40. The Balaban J connectivity index is 0.000000270. The molecule has 0 radical (unpaired) electrons. The number of carbonyl (C=O) groups is 2. The summed E-state index contributed by atoms with van der Waals surface area (Å²) in [5, 5.41) is 21.2. The summed E-state index contributed by atoms with van der Waals surface area (Å²) in [6, 6.07) is 34.9. The van der Waals surface area contributed by atoms with Crippen LogP contribution < -0.4 is 66.5 Å². The molecule has 8 aliphatic rings. The zero-order valence-corrected chi connectivity index (χ0v) is 71.1. The zero-order chi connectivity index (χ0) is 69.1. The average molecular weight is 1650 g/mol. The normalized spacial score (nSPS) is 21.7. The maximum Gasteiger partial charge on any atom is 1.00 e. The second-order valence-electron chi connectivity index (χ2n) is 27.1. The summed E-state index contributed by atoms with van der Waals surface area (Å²) >= 11 is 9.40. The van der Waals surface area contributed by atoms with Crippen LogP contribution in [0.4, 0.5) is 20.2 Å². The quantitative estimate of drug-likeness (QED) is 0.0707. The molecule has 6 aliphatic heterocycles. The van der Waals surface area contributed by atoms with Gasteiger partial charge in [-0.25, -0.2) is 8.78 Å². The van der Waals surface area contributed by atoms with Crippen LogP contribution in [0.25, 0.3) is 0 Å². The first-order chi connectivity index (χ1) is 47.9. The number of nitrogens with zero attached hydrogens (tertiary/aromatic N) is 7. The minimum Gasteiger partial charge on any atom is -1.00 e. The van der Waals surface area contributed by atoms with E-state index in [-0.39, 0.29) is 108 Å². The van der Waals surface area contributed by atoms with Gasteiger partial charge in [0.2, 0.25) is 0 Å². The van der Waals surface area contributed by atoms with Crippen molar-refractivity contribution in [1.82, 2.24) is 20.0 Å². The topological polar surface area (TPSA) is 128 Å². The Labute approximate surface area is 687 Å². The van der Waals surface area contributed by atoms with Crippen LogP contribution in [-0.2, 0) is 150 Å². The summed E-state index contributed by atoms with van der Waals surface area (Å²) < 4.78 is 39.5. The van der Waals surface area contributed by atoms with Crippen molar-refractivity contribution in [3.63, 3.8) is 0 Å². The summed E-state index contributed by atoms with van der Waals surface area (Å²) in [7, 11) is 21.1. The average Bonchev–Trinajstić information content (AvgIpc) is 1.31. The van der Waals surface area contributed by atoms with Gasteiger partial charge in [-0.3, -0.25) is 9.59 Å². The number of piperidine rings is 2. The predicted octanol–water partition coefficient (Wildman–Crippen LogP) is 9.98. The van der Waals surface area contributed by atoms with Gasteiger partial charge in [0.1, 0.15) is 11.6 Å². The van der Waals surface area contributed by atoms with Gasteiger partial charge in [-0.15, -0.1) is 0 Å². The standard InChI is InChI=1S/C35H45FN4O2.C24H35FN2O2.C12H14N2.2CH4.K.S13.H/c1-42-34(41)19-28-5-2-8-33(28)35(25-39-15-4-16-39,30-6-3-7-31(36)20-30)29-13-17-38(18-14-29)22-27-23-40(24-27)32-11-9-26(21-37)10-12-32;1-29-23(28)15-18-5-2-8-22(18)24(17-27-13-4-14-27,19-9-11-26-12-10-19)20-6-3-7-21(25)16-20;1-2-10-8-14(9-10)12-5-3-11(7-13)4-6-12;;;;1-3-5-7-9-11-13-12-10-8-6-4-2;/h3,6-7,9-12,20,27-29,33H,2,4-5,8,13-19,22-25H2,1H3;3,6-7,16,18-19,22,26H,2,4-5,8-15,17H2,1H3;3-6,10H,2,8-9H2,1H3;2*1H4;;;/q;;;;;+1;;-1/t28-,33+,35+;18-,22+,24+;;;;;;/m11....../s1. The molecular formula is C73H103F2KN8O4S13. The summed E-state index contributed by atoms with van der Waals surface area (Å²) in [5.41, 5.74) is 5.93. The van der Waals surface area contributed by atoms with E-state index in [1.54, 1.807) is 98.1 Å².